The summed E-state index contributed by atoms with van der Waals surface area (Å²) in [5.74, 6) is 0.162. The lowest BCUT2D eigenvalue weighted by atomic mass is 9.96. The Morgan fingerprint density at radius 2 is 1.91 bits per heavy atom. The number of anilines is 2. The predicted molar refractivity (Wildman–Crippen MR) is 129 cm³/mol. The number of hydrogen-bond donors (Lipinski definition) is 1. The van der Waals surface area contributed by atoms with Crippen LogP contribution < -0.4 is 10.2 Å². The molecule has 0 spiro atoms. The van der Waals surface area contributed by atoms with Crippen LogP contribution in [-0.2, 0) is 9.59 Å². The van der Waals surface area contributed by atoms with E-state index in [1.165, 1.54) is 22.6 Å². The van der Waals surface area contributed by atoms with Crippen molar-refractivity contribution in [3.63, 3.8) is 0 Å². The van der Waals surface area contributed by atoms with Crippen LogP contribution in [0.15, 0.2) is 24.3 Å². The molecule has 7 nitrogen and oxygen atoms in total. The van der Waals surface area contributed by atoms with Gasteiger partial charge in [0.25, 0.3) is 0 Å². The first-order chi connectivity index (χ1) is 15.4. The molecule has 0 saturated carbocycles. The Kier molecular flexibility index (Phi) is 7.10. The number of carbonyl (C=O) groups is 2. The SMILES string of the molecule is Cc1cccc(N2CCN(C(=O)C3CCCN(CC(=O)Nc4nc(C)c(C)s4)C3)CC2)c1. The molecule has 0 radical (unpaired) electrons. The molecule has 1 N–H and O–H groups in total. The molecule has 32 heavy (non-hydrogen) atoms. The Balaban J connectivity index is 1.26. The predicted octanol–water partition coefficient (Wildman–Crippen LogP) is 3.07. The lowest BCUT2D eigenvalue weighted by Gasteiger charge is -2.39. The quantitative estimate of drug-likeness (QED) is 0.751. The van der Waals surface area contributed by atoms with E-state index < -0.39 is 0 Å². The van der Waals surface area contributed by atoms with Crippen LogP contribution in [0.4, 0.5) is 10.8 Å². The molecule has 172 valence electrons. The average molecular weight is 456 g/mol. The number of benzene rings is 1. The molecule has 0 bridgehead atoms. The summed E-state index contributed by atoms with van der Waals surface area (Å²) in [6.45, 7) is 11.1. The summed E-state index contributed by atoms with van der Waals surface area (Å²) < 4.78 is 0. The van der Waals surface area contributed by atoms with Gasteiger partial charge in [-0.15, -0.1) is 11.3 Å². The second-order valence-electron chi connectivity index (χ2n) is 8.93. The topological polar surface area (TPSA) is 68.8 Å². The highest BCUT2D eigenvalue weighted by Crippen LogP contribution is 2.23. The molecule has 8 heteroatoms. The van der Waals surface area contributed by atoms with Gasteiger partial charge in [-0.1, -0.05) is 12.1 Å². The third kappa shape index (κ3) is 5.48. The van der Waals surface area contributed by atoms with Gasteiger partial charge in [-0.05, 0) is 57.9 Å². The minimum absolute atomic E-state index is 0.0218. The summed E-state index contributed by atoms with van der Waals surface area (Å²) in [5.41, 5.74) is 3.45. The maximum atomic E-state index is 13.2. The monoisotopic (exact) mass is 455 g/mol. The molecular weight excluding hydrogens is 422 g/mol. The second-order valence-corrected chi connectivity index (χ2v) is 10.1. The van der Waals surface area contributed by atoms with Crippen molar-refractivity contribution >= 4 is 34.0 Å². The molecule has 4 rings (SSSR count). The van der Waals surface area contributed by atoms with Crippen LogP contribution >= 0.6 is 11.3 Å². The Labute approximate surface area is 194 Å². The summed E-state index contributed by atoms with van der Waals surface area (Å²) in [6, 6.07) is 8.54. The van der Waals surface area contributed by atoms with Gasteiger partial charge in [-0.2, -0.15) is 0 Å². The van der Waals surface area contributed by atoms with Gasteiger partial charge < -0.3 is 15.1 Å². The van der Waals surface area contributed by atoms with Gasteiger partial charge in [0.15, 0.2) is 5.13 Å². The van der Waals surface area contributed by atoms with Crippen molar-refractivity contribution in [2.24, 2.45) is 5.92 Å². The molecular formula is C24H33N5O2S. The number of aryl methyl sites for hydroxylation is 3. The zero-order valence-electron chi connectivity index (χ0n) is 19.3. The van der Waals surface area contributed by atoms with Crippen molar-refractivity contribution in [1.29, 1.82) is 0 Å². The van der Waals surface area contributed by atoms with Crippen LogP contribution in [0.5, 0.6) is 0 Å². The van der Waals surface area contributed by atoms with Gasteiger partial charge in [-0.25, -0.2) is 4.98 Å². The summed E-state index contributed by atoms with van der Waals surface area (Å²) in [4.78, 5) is 37.7. The van der Waals surface area contributed by atoms with Crippen LogP contribution in [0.1, 0.15) is 29.0 Å². The van der Waals surface area contributed by atoms with Crippen molar-refractivity contribution in [3.8, 4) is 0 Å². The molecule has 1 unspecified atom stereocenters. The fourth-order valence-corrected chi connectivity index (χ4v) is 5.39. The molecule has 2 amide bonds. The van der Waals surface area contributed by atoms with E-state index in [0.29, 0.717) is 18.2 Å². The summed E-state index contributed by atoms with van der Waals surface area (Å²) in [6.07, 6.45) is 1.85. The highest BCUT2D eigenvalue weighted by molar-refractivity contribution is 7.15. The van der Waals surface area contributed by atoms with Crippen LogP contribution in [-0.4, -0.2) is 72.4 Å². The summed E-state index contributed by atoms with van der Waals surface area (Å²) >= 11 is 1.50. The maximum Gasteiger partial charge on any atom is 0.240 e. The number of piperidine rings is 1. The van der Waals surface area contributed by atoms with E-state index in [1.54, 1.807) is 0 Å². The van der Waals surface area contributed by atoms with Crippen molar-refractivity contribution in [3.05, 3.63) is 40.4 Å². The lowest BCUT2D eigenvalue weighted by Crippen LogP contribution is -2.53. The van der Waals surface area contributed by atoms with Gasteiger partial charge in [0, 0.05) is 43.3 Å². The highest BCUT2D eigenvalue weighted by atomic mass is 32.1. The largest absolute Gasteiger partial charge is 0.368 e. The van der Waals surface area contributed by atoms with Crippen molar-refractivity contribution in [2.75, 3.05) is 56.0 Å². The van der Waals surface area contributed by atoms with E-state index in [1.807, 2.05) is 18.7 Å². The third-order valence-electron chi connectivity index (χ3n) is 6.45. The molecule has 1 atom stereocenters. The average Bonchev–Trinajstić information content (AvgIpc) is 3.10. The minimum atomic E-state index is -0.0568. The number of piperazine rings is 1. The van der Waals surface area contributed by atoms with E-state index in [0.717, 1.165) is 56.1 Å². The molecule has 2 aromatic rings. The van der Waals surface area contributed by atoms with E-state index in [-0.39, 0.29) is 17.7 Å². The van der Waals surface area contributed by atoms with Gasteiger partial charge >= 0.3 is 0 Å². The standard InChI is InChI=1S/C24H33N5O2S/c1-17-6-4-8-21(14-17)28-10-12-29(13-11-28)23(31)20-7-5-9-27(15-20)16-22(30)26-24-25-18(2)19(3)32-24/h4,6,8,14,20H,5,7,9-13,15-16H2,1-3H3,(H,25,26,30). The fourth-order valence-electron chi connectivity index (χ4n) is 4.56. The van der Waals surface area contributed by atoms with Crippen LogP contribution in [0, 0.1) is 26.7 Å². The normalized spacial score (nSPS) is 19.8. The first-order valence-corrected chi connectivity index (χ1v) is 12.3. The molecule has 3 heterocycles. The first kappa shape index (κ1) is 22.7. The molecule has 2 aliphatic heterocycles. The minimum Gasteiger partial charge on any atom is -0.368 e. The second kappa shape index (κ2) is 10.0. The maximum absolute atomic E-state index is 13.2. The fraction of sp³-hybridized carbons (Fsp3) is 0.542. The van der Waals surface area contributed by atoms with Crippen LogP contribution in [0.25, 0.3) is 0 Å². The van der Waals surface area contributed by atoms with E-state index in [2.05, 4.69) is 51.3 Å². The Morgan fingerprint density at radius 3 is 2.59 bits per heavy atom. The Morgan fingerprint density at radius 1 is 1.12 bits per heavy atom. The molecule has 1 aromatic heterocycles. The lowest BCUT2D eigenvalue weighted by molar-refractivity contribution is -0.138. The van der Waals surface area contributed by atoms with Crippen molar-refractivity contribution in [1.82, 2.24) is 14.8 Å². The number of amides is 2. The number of nitrogens with zero attached hydrogens (tertiary/aromatic N) is 4. The number of thiazole rings is 1. The van der Waals surface area contributed by atoms with Crippen LogP contribution in [0.3, 0.4) is 0 Å². The summed E-state index contributed by atoms with van der Waals surface area (Å²) in [5, 5.41) is 3.56. The Hall–Kier alpha value is -2.45. The summed E-state index contributed by atoms with van der Waals surface area (Å²) in [7, 11) is 0. The number of likely N-dealkylation sites (tertiary alicyclic amines) is 1. The molecule has 2 saturated heterocycles. The van der Waals surface area contributed by atoms with Crippen molar-refractivity contribution in [2.45, 2.75) is 33.6 Å². The molecule has 2 fully saturated rings. The number of aromatic nitrogens is 1. The smallest absolute Gasteiger partial charge is 0.240 e. The number of rotatable bonds is 5. The van der Waals surface area contributed by atoms with E-state index >= 15 is 0 Å². The molecule has 2 aliphatic rings. The van der Waals surface area contributed by atoms with Crippen molar-refractivity contribution < 1.29 is 9.59 Å². The van der Waals surface area contributed by atoms with Gasteiger partial charge in [0.05, 0.1) is 18.2 Å². The molecule has 0 aliphatic carbocycles. The van der Waals surface area contributed by atoms with Gasteiger partial charge in [-0.3, -0.25) is 14.5 Å². The number of hydrogen-bond acceptors (Lipinski definition) is 6. The zero-order valence-corrected chi connectivity index (χ0v) is 20.1. The van der Waals surface area contributed by atoms with Crippen LogP contribution in [0.2, 0.25) is 0 Å². The van der Waals surface area contributed by atoms with Gasteiger partial charge in [0.2, 0.25) is 11.8 Å². The zero-order chi connectivity index (χ0) is 22.7. The van der Waals surface area contributed by atoms with E-state index in [4.69, 9.17) is 0 Å². The van der Waals surface area contributed by atoms with E-state index in [9.17, 15) is 9.59 Å². The van der Waals surface area contributed by atoms with Gasteiger partial charge in [0.1, 0.15) is 0 Å². The first-order valence-electron chi connectivity index (χ1n) is 11.5. The third-order valence-corrected chi connectivity index (χ3v) is 7.44. The number of nitrogens with one attached hydrogen (secondary N) is 1. The Bertz CT molecular complexity index is 948. The number of carbonyl (C=O) groups excluding carboxylic acids is 2. The molecule has 1 aromatic carbocycles. The highest BCUT2D eigenvalue weighted by Gasteiger charge is 2.31.